The molecule has 0 radical (unpaired) electrons. The van der Waals surface area contributed by atoms with Gasteiger partial charge in [0.15, 0.2) is 28.1 Å². The van der Waals surface area contributed by atoms with Gasteiger partial charge in [-0.15, -0.1) is 0 Å². The quantitative estimate of drug-likeness (QED) is 0.353. The number of fused-ring (bicyclic) bond motifs is 1. The van der Waals surface area contributed by atoms with Gasteiger partial charge in [-0.05, 0) is 72.2 Å². The Morgan fingerprint density at radius 3 is 2.29 bits per heavy atom. The lowest BCUT2D eigenvalue weighted by molar-refractivity contribution is 0.185. The van der Waals surface area contributed by atoms with Crippen molar-refractivity contribution in [2.45, 2.75) is 12.5 Å². The molecule has 0 fully saturated rings. The Hall–Kier alpha value is -2.87. The summed E-state index contributed by atoms with van der Waals surface area (Å²) in [6.45, 7) is 1.03. The Bertz CT molecular complexity index is 1220. The number of ether oxygens (including phenoxy) is 4. The highest BCUT2D eigenvalue weighted by atomic mass is 35.5. The number of para-hydroxylation sites is 2. The molecule has 0 aromatic heterocycles. The molecule has 35 heavy (non-hydrogen) atoms. The first-order valence-electron chi connectivity index (χ1n) is 11.0. The molecule has 0 saturated carbocycles. The Morgan fingerprint density at radius 1 is 0.914 bits per heavy atom. The van der Waals surface area contributed by atoms with Crippen LogP contribution >= 0.6 is 35.4 Å². The zero-order chi connectivity index (χ0) is 24.9. The van der Waals surface area contributed by atoms with E-state index in [0.717, 1.165) is 23.2 Å². The van der Waals surface area contributed by atoms with Crippen LogP contribution in [0, 0.1) is 0 Å². The molecule has 3 aromatic rings. The largest absolute Gasteiger partial charge is 0.493 e. The summed E-state index contributed by atoms with van der Waals surface area (Å²) in [6, 6.07) is 16.7. The number of nitrogens with zero attached hydrogens (tertiary/aromatic N) is 1. The molecule has 0 aliphatic carbocycles. The Balaban J connectivity index is 1.66. The molecule has 1 aliphatic rings. The van der Waals surface area contributed by atoms with Gasteiger partial charge in [0.05, 0.1) is 37.4 Å². The van der Waals surface area contributed by atoms with E-state index >= 15 is 0 Å². The molecule has 0 amide bonds. The number of methoxy groups -OCH3 is 3. The molecule has 3 aromatic carbocycles. The summed E-state index contributed by atoms with van der Waals surface area (Å²) in [4.78, 5) is 2.11. The van der Waals surface area contributed by atoms with Crippen LogP contribution in [0.4, 0.5) is 5.69 Å². The van der Waals surface area contributed by atoms with Crippen molar-refractivity contribution in [3.8, 4) is 23.0 Å². The van der Waals surface area contributed by atoms with Gasteiger partial charge in [0.2, 0.25) is 0 Å². The van der Waals surface area contributed by atoms with E-state index in [1.165, 1.54) is 0 Å². The summed E-state index contributed by atoms with van der Waals surface area (Å²) in [6.07, 6.45) is 0.782. The molecule has 6 nitrogen and oxygen atoms in total. The second kappa shape index (κ2) is 11.2. The van der Waals surface area contributed by atoms with E-state index in [1.54, 1.807) is 33.5 Å². The fourth-order valence-corrected chi connectivity index (χ4v) is 4.76. The van der Waals surface area contributed by atoms with Crippen molar-refractivity contribution in [3.05, 3.63) is 75.8 Å². The number of nitrogens with one attached hydrogen (secondary N) is 1. The van der Waals surface area contributed by atoms with Gasteiger partial charge in [0.1, 0.15) is 6.61 Å². The molecule has 9 heteroatoms. The molecule has 0 spiro atoms. The molecule has 0 bridgehead atoms. The second-order valence-corrected chi connectivity index (χ2v) is 9.09. The highest BCUT2D eigenvalue weighted by Gasteiger charge is 2.32. The predicted octanol–water partition coefficient (Wildman–Crippen LogP) is 6.39. The van der Waals surface area contributed by atoms with E-state index in [-0.39, 0.29) is 6.04 Å². The zero-order valence-corrected chi connectivity index (χ0v) is 22.0. The van der Waals surface area contributed by atoms with Crippen LogP contribution in [0.15, 0.2) is 54.6 Å². The maximum absolute atomic E-state index is 6.26. The third-order valence-corrected chi connectivity index (χ3v) is 6.98. The van der Waals surface area contributed by atoms with Crippen LogP contribution in [0.2, 0.25) is 10.0 Å². The minimum absolute atomic E-state index is 0.189. The topological polar surface area (TPSA) is 52.2 Å². The molecule has 1 heterocycles. The SMILES string of the molecule is COc1cc2c(cc1OC)C(COc1ccccc1OC)N(C(=S)Nc1ccc(Cl)c(Cl)c1)CC2. The van der Waals surface area contributed by atoms with E-state index in [1.807, 2.05) is 42.5 Å². The fraction of sp³-hybridized carbons (Fsp3) is 0.269. The first-order chi connectivity index (χ1) is 16.9. The maximum atomic E-state index is 6.26. The van der Waals surface area contributed by atoms with Crippen LogP contribution < -0.4 is 24.3 Å². The van der Waals surface area contributed by atoms with Gasteiger partial charge < -0.3 is 29.2 Å². The average Bonchev–Trinajstić information content (AvgIpc) is 2.88. The summed E-state index contributed by atoms with van der Waals surface area (Å²) in [5, 5.41) is 4.78. The van der Waals surface area contributed by atoms with Crippen molar-refractivity contribution in [1.29, 1.82) is 0 Å². The predicted molar refractivity (Wildman–Crippen MR) is 144 cm³/mol. The first-order valence-corrected chi connectivity index (χ1v) is 12.1. The summed E-state index contributed by atoms with van der Waals surface area (Å²) < 4.78 is 22.8. The monoisotopic (exact) mass is 532 g/mol. The van der Waals surface area contributed by atoms with Crippen LogP contribution in [0.25, 0.3) is 0 Å². The minimum atomic E-state index is -0.189. The zero-order valence-electron chi connectivity index (χ0n) is 19.6. The highest BCUT2D eigenvalue weighted by Crippen LogP contribution is 2.39. The van der Waals surface area contributed by atoms with Gasteiger partial charge in [-0.2, -0.15) is 0 Å². The van der Waals surface area contributed by atoms with Crippen molar-refractivity contribution in [2.75, 3.05) is 39.8 Å². The van der Waals surface area contributed by atoms with Crippen LogP contribution in [-0.2, 0) is 6.42 Å². The van der Waals surface area contributed by atoms with E-state index in [4.69, 9.17) is 54.4 Å². The number of halogens is 2. The third-order valence-electron chi connectivity index (χ3n) is 5.90. The minimum Gasteiger partial charge on any atom is -0.493 e. The Morgan fingerprint density at radius 2 is 1.60 bits per heavy atom. The molecule has 184 valence electrons. The molecular weight excluding hydrogens is 507 g/mol. The number of anilines is 1. The van der Waals surface area contributed by atoms with Crippen LogP contribution in [0.3, 0.4) is 0 Å². The van der Waals surface area contributed by atoms with Gasteiger partial charge in [0.25, 0.3) is 0 Å². The summed E-state index contributed by atoms with van der Waals surface area (Å²) in [5.41, 5.74) is 2.97. The van der Waals surface area contributed by atoms with Crippen molar-refractivity contribution < 1.29 is 18.9 Å². The molecule has 1 N–H and O–H groups in total. The van der Waals surface area contributed by atoms with Gasteiger partial charge in [0, 0.05) is 12.2 Å². The number of hydrogen-bond acceptors (Lipinski definition) is 5. The lowest BCUT2D eigenvalue weighted by atomic mass is 9.92. The average molecular weight is 533 g/mol. The lowest BCUT2D eigenvalue weighted by Crippen LogP contribution is -2.44. The maximum Gasteiger partial charge on any atom is 0.174 e. The molecular formula is C26H26Cl2N2O4S. The number of benzene rings is 3. The number of hydrogen-bond donors (Lipinski definition) is 1. The molecule has 4 rings (SSSR count). The van der Waals surface area contributed by atoms with E-state index in [9.17, 15) is 0 Å². The molecule has 0 saturated heterocycles. The number of rotatable bonds is 7. The van der Waals surface area contributed by atoms with Crippen LogP contribution in [0.5, 0.6) is 23.0 Å². The van der Waals surface area contributed by atoms with Crippen LogP contribution in [-0.4, -0.2) is 44.5 Å². The second-order valence-electron chi connectivity index (χ2n) is 7.89. The third kappa shape index (κ3) is 5.53. The lowest BCUT2D eigenvalue weighted by Gasteiger charge is -2.39. The van der Waals surface area contributed by atoms with Crippen molar-refractivity contribution in [2.24, 2.45) is 0 Å². The molecule has 1 unspecified atom stereocenters. The van der Waals surface area contributed by atoms with Crippen molar-refractivity contribution in [3.63, 3.8) is 0 Å². The summed E-state index contributed by atoms with van der Waals surface area (Å²) in [5.74, 6) is 2.67. The smallest absolute Gasteiger partial charge is 0.174 e. The van der Waals surface area contributed by atoms with Crippen LogP contribution in [0.1, 0.15) is 17.2 Å². The van der Waals surface area contributed by atoms with E-state index in [0.29, 0.717) is 51.3 Å². The highest BCUT2D eigenvalue weighted by molar-refractivity contribution is 7.80. The van der Waals surface area contributed by atoms with E-state index < -0.39 is 0 Å². The Labute approximate surface area is 220 Å². The van der Waals surface area contributed by atoms with Gasteiger partial charge in [-0.1, -0.05) is 35.3 Å². The summed E-state index contributed by atoms with van der Waals surface area (Å²) in [7, 11) is 4.89. The fourth-order valence-electron chi connectivity index (χ4n) is 4.13. The van der Waals surface area contributed by atoms with Crippen molar-refractivity contribution in [1.82, 2.24) is 4.90 Å². The van der Waals surface area contributed by atoms with E-state index in [2.05, 4.69) is 10.2 Å². The van der Waals surface area contributed by atoms with Gasteiger partial charge in [-0.25, -0.2) is 0 Å². The van der Waals surface area contributed by atoms with Gasteiger partial charge in [-0.3, -0.25) is 0 Å². The molecule has 1 atom stereocenters. The molecule has 1 aliphatic heterocycles. The van der Waals surface area contributed by atoms with Gasteiger partial charge >= 0.3 is 0 Å². The van der Waals surface area contributed by atoms with Crippen molar-refractivity contribution >= 4 is 46.2 Å². The Kier molecular flexibility index (Phi) is 8.11. The summed E-state index contributed by atoms with van der Waals surface area (Å²) >= 11 is 18.1. The normalized spacial score (nSPS) is 14.7. The first kappa shape index (κ1) is 25.2. The standard InChI is InChI=1S/C26H26Cl2N2O4S/c1-31-22-6-4-5-7-23(22)34-15-21-18-14-25(33-3)24(32-2)12-16(18)10-11-30(21)26(35)29-17-8-9-19(27)20(28)13-17/h4-9,12-14,21H,10-11,15H2,1-3H3,(H,29,35). The number of thiocarbonyl (C=S) groups is 1.